The minimum Gasteiger partial charge on any atom is -0.497 e. The summed E-state index contributed by atoms with van der Waals surface area (Å²) in [5.74, 6) is 0.961. The lowest BCUT2D eigenvalue weighted by molar-refractivity contribution is -0.179. The number of ether oxygens (including phenoxy) is 4. The van der Waals surface area contributed by atoms with Gasteiger partial charge >= 0.3 is 5.97 Å². The lowest BCUT2D eigenvalue weighted by Crippen LogP contribution is -2.58. The van der Waals surface area contributed by atoms with Crippen molar-refractivity contribution in [3.63, 3.8) is 0 Å². The van der Waals surface area contributed by atoms with Crippen LogP contribution in [0.3, 0.4) is 0 Å². The molecule has 3 heterocycles. The van der Waals surface area contributed by atoms with Crippen LogP contribution >= 0.6 is 0 Å². The molecule has 168 valence electrons. The summed E-state index contributed by atoms with van der Waals surface area (Å²) in [7, 11) is 6.55. The third-order valence-corrected chi connectivity index (χ3v) is 7.90. The SMILES string of the molecule is COC(=O)[C@H]1[C@@H]2C[C@@H]3c4[nH]c5cc(OC)ccc5c4CCN3C[C@@H]2CC(OC)[C@H]1OC. The van der Waals surface area contributed by atoms with Crippen molar-refractivity contribution in [2.45, 2.75) is 37.5 Å². The number of hydrogen-bond acceptors (Lipinski definition) is 6. The summed E-state index contributed by atoms with van der Waals surface area (Å²) in [4.78, 5) is 19.2. The van der Waals surface area contributed by atoms with Gasteiger partial charge < -0.3 is 23.9 Å². The van der Waals surface area contributed by atoms with E-state index < -0.39 is 0 Å². The minimum atomic E-state index is -0.310. The first-order valence-electron chi connectivity index (χ1n) is 11.2. The number of esters is 1. The van der Waals surface area contributed by atoms with Gasteiger partial charge in [0.15, 0.2) is 0 Å². The summed E-state index contributed by atoms with van der Waals surface area (Å²) in [6.45, 7) is 2.01. The quantitative estimate of drug-likeness (QED) is 0.755. The predicted octanol–water partition coefficient (Wildman–Crippen LogP) is 2.93. The van der Waals surface area contributed by atoms with Crippen LogP contribution in [0.15, 0.2) is 18.2 Å². The van der Waals surface area contributed by atoms with E-state index in [0.29, 0.717) is 5.92 Å². The van der Waals surface area contributed by atoms with Crippen LogP contribution in [-0.4, -0.2) is 69.6 Å². The predicted molar refractivity (Wildman–Crippen MR) is 116 cm³/mol. The number of carbonyl (C=O) groups is 1. The number of nitrogens with zero attached hydrogens (tertiary/aromatic N) is 1. The molecule has 0 bridgehead atoms. The molecule has 1 aliphatic carbocycles. The van der Waals surface area contributed by atoms with Gasteiger partial charge in [-0.2, -0.15) is 0 Å². The molecule has 7 heteroatoms. The third-order valence-electron chi connectivity index (χ3n) is 7.90. The van der Waals surface area contributed by atoms with Crippen molar-refractivity contribution in [1.82, 2.24) is 9.88 Å². The second-order valence-electron chi connectivity index (χ2n) is 9.11. The lowest BCUT2D eigenvalue weighted by atomic mass is 9.64. The first-order chi connectivity index (χ1) is 15.1. The largest absolute Gasteiger partial charge is 0.497 e. The maximum atomic E-state index is 12.9. The Kier molecular flexibility index (Phi) is 5.44. The van der Waals surface area contributed by atoms with Gasteiger partial charge in [-0.3, -0.25) is 9.69 Å². The summed E-state index contributed by atoms with van der Waals surface area (Å²) in [6.07, 6.45) is 2.49. The van der Waals surface area contributed by atoms with E-state index in [2.05, 4.69) is 22.0 Å². The van der Waals surface area contributed by atoms with Crippen LogP contribution in [0, 0.1) is 17.8 Å². The average molecular weight is 429 g/mol. The van der Waals surface area contributed by atoms with Crippen LogP contribution in [0.5, 0.6) is 5.75 Å². The molecular formula is C24H32N2O5. The summed E-state index contributed by atoms with van der Waals surface area (Å²) in [6, 6.07) is 6.54. The normalized spacial score (nSPS) is 32.8. The Morgan fingerprint density at radius 1 is 1.13 bits per heavy atom. The molecule has 6 atom stereocenters. The summed E-state index contributed by atoms with van der Waals surface area (Å²) >= 11 is 0. The van der Waals surface area contributed by atoms with Crippen LogP contribution in [0.2, 0.25) is 0 Å². The molecule has 1 unspecified atom stereocenters. The van der Waals surface area contributed by atoms with Crippen molar-refractivity contribution >= 4 is 16.9 Å². The van der Waals surface area contributed by atoms with Crippen molar-refractivity contribution in [2.24, 2.45) is 17.8 Å². The van der Waals surface area contributed by atoms with Crippen molar-refractivity contribution in [3.05, 3.63) is 29.5 Å². The molecule has 1 saturated heterocycles. The molecule has 0 spiro atoms. The van der Waals surface area contributed by atoms with Gasteiger partial charge in [0.2, 0.25) is 0 Å². The molecule has 0 radical (unpaired) electrons. The maximum Gasteiger partial charge on any atom is 0.311 e. The number of methoxy groups -OCH3 is 4. The summed E-state index contributed by atoms with van der Waals surface area (Å²) < 4.78 is 22.2. The van der Waals surface area contributed by atoms with Gasteiger partial charge in [-0.15, -0.1) is 0 Å². The lowest BCUT2D eigenvalue weighted by Gasteiger charge is -2.53. The standard InChI is InChI=1S/C24H32N2O5/c1-28-14-5-6-15-16-7-8-26-12-13-9-20(29-2)23(30-3)21(24(27)31-4)17(13)11-19(26)22(16)25-18(15)10-14/h5-6,10,13,17,19-21,23,25H,7-9,11-12H2,1-4H3/t13-,17+,19+,20?,21-,23+/m0/s1. The Morgan fingerprint density at radius 3 is 2.68 bits per heavy atom. The second kappa shape index (κ2) is 8.11. The van der Waals surface area contributed by atoms with E-state index >= 15 is 0 Å². The molecule has 31 heavy (non-hydrogen) atoms. The number of H-pyrrole nitrogens is 1. The number of benzene rings is 1. The van der Waals surface area contributed by atoms with Crippen LogP contribution in [-0.2, 0) is 25.4 Å². The molecule has 1 N–H and O–H groups in total. The molecule has 3 aliphatic rings. The van der Waals surface area contributed by atoms with Crippen molar-refractivity contribution in [1.29, 1.82) is 0 Å². The van der Waals surface area contributed by atoms with Gasteiger partial charge in [-0.1, -0.05) is 0 Å². The molecule has 5 rings (SSSR count). The van der Waals surface area contributed by atoms with Crippen molar-refractivity contribution < 1.29 is 23.7 Å². The van der Waals surface area contributed by atoms with Gasteiger partial charge in [0.25, 0.3) is 0 Å². The number of hydrogen-bond donors (Lipinski definition) is 1. The fourth-order valence-electron chi connectivity index (χ4n) is 6.47. The Morgan fingerprint density at radius 2 is 1.97 bits per heavy atom. The zero-order valence-electron chi connectivity index (χ0n) is 18.7. The van der Waals surface area contributed by atoms with E-state index in [1.54, 1.807) is 21.3 Å². The highest BCUT2D eigenvalue weighted by Crippen LogP contribution is 2.50. The van der Waals surface area contributed by atoms with E-state index in [1.807, 2.05) is 6.07 Å². The molecule has 1 aromatic carbocycles. The maximum absolute atomic E-state index is 12.9. The van der Waals surface area contributed by atoms with Crippen LogP contribution in [0.25, 0.3) is 10.9 Å². The fourth-order valence-corrected chi connectivity index (χ4v) is 6.47. The van der Waals surface area contributed by atoms with Crippen molar-refractivity contribution in [3.8, 4) is 5.75 Å². The van der Waals surface area contributed by atoms with Gasteiger partial charge in [0.05, 0.1) is 38.4 Å². The van der Waals surface area contributed by atoms with Gasteiger partial charge in [-0.25, -0.2) is 0 Å². The van der Waals surface area contributed by atoms with Gasteiger partial charge in [-0.05, 0) is 48.8 Å². The minimum absolute atomic E-state index is 0.0900. The second-order valence-corrected chi connectivity index (χ2v) is 9.11. The van der Waals surface area contributed by atoms with Crippen LogP contribution in [0.1, 0.15) is 30.1 Å². The van der Waals surface area contributed by atoms with Crippen molar-refractivity contribution in [2.75, 3.05) is 41.5 Å². The fraction of sp³-hybridized carbons (Fsp3) is 0.625. The molecule has 2 aromatic rings. The summed E-state index contributed by atoms with van der Waals surface area (Å²) in [5.41, 5.74) is 3.82. The topological polar surface area (TPSA) is 73.0 Å². The number of carbonyl (C=O) groups excluding carboxylic acids is 1. The molecule has 2 fully saturated rings. The smallest absolute Gasteiger partial charge is 0.311 e. The Bertz CT molecular complexity index is 972. The van der Waals surface area contributed by atoms with E-state index in [0.717, 1.165) is 43.6 Å². The highest BCUT2D eigenvalue weighted by molar-refractivity contribution is 5.86. The van der Waals surface area contributed by atoms with Gasteiger partial charge in [0, 0.05) is 50.0 Å². The summed E-state index contributed by atoms with van der Waals surface area (Å²) in [5, 5.41) is 1.28. The highest BCUT2D eigenvalue weighted by Gasteiger charge is 2.53. The molecule has 7 nitrogen and oxygen atoms in total. The first kappa shape index (κ1) is 20.8. The van der Waals surface area contributed by atoms with Crippen LogP contribution in [0.4, 0.5) is 0 Å². The molecule has 2 aliphatic heterocycles. The number of aromatic amines is 1. The first-order valence-corrected chi connectivity index (χ1v) is 11.2. The highest BCUT2D eigenvalue weighted by atomic mass is 16.5. The zero-order chi connectivity index (χ0) is 21.7. The van der Waals surface area contributed by atoms with Crippen LogP contribution < -0.4 is 4.74 Å². The number of piperidine rings is 1. The molecule has 0 amide bonds. The third kappa shape index (κ3) is 3.25. The van der Waals surface area contributed by atoms with E-state index in [1.165, 1.54) is 23.8 Å². The Labute approximate surface area is 183 Å². The Balaban J connectivity index is 1.52. The van der Waals surface area contributed by atoms with Gasteiger partial charge in [0.1, 0.15) is 5.75 Å². The molecule has 1 saturated carbocycles. The average Bonchev–Trinajstić information content (AvgIpc) is 3.19. The number of fused-ring (bicyclic) bond motifs is 6. The number of aromatic nitrogens is 1. The number of rotatable bonds is 4. The Hall–Kier alpha value is -2.09. The zero-order valence-corrected chi connectivity index (χ0v) is 18.7. The number of nitrogens with one attached hydrogen (secondary N) is 1. The molecular weight excluding hydrogens is 396 g/mol. The van der Waals surface area contributed by atoms with E-state index in [4.69, 9.17) is 18.9 Å². The van der Waals surface area contributed by atoms with E-state index in [-0.39, 0.29) is 36.1 Å². The monoisotopic (exact) mass is 428 g/mol. The van der Waals surface area contributed by atoms with E-state index in [9.17, 15) is 4.79 Å². The molecule has 1 aromatic heterocycles.